The van der Waals surface area contributed by atoms with Crippen LogP contribution >= 0.6 is 0 Å². The Morgan fingerprint density at radius 3 is 2.57 bits per heavy atom. The lowest BCUT2D eigenvalue weighted by molar-refractivity contribution is -0.137. The molecule has 0 bridgehead atoms. The van der Waals surface area contributed by atoms with E-state index in [9.17, 15) is 18.0 Å². The second-order valence-electron chi connectivity index (χ2n) is 7.14. The highest BCUT2D eigenvalue weighted by Crippen LogP contribution is 2.29. The van der Waals surface area contributed by atoms with Crippen molar-refractivity contribution in [2.45, 2.75) is 19.1 Å². The molecule has 2 aromatic carbocycles. The second kappa shape index (κ2) is 10.2. The van der Waals surface area contributed by atoms with E-state index in [2.05, 4.69) is 34.2 Å². The van der Waals surface area contributed by atoms with Crippen LogP contribution in [0.1, 0.15) is 23.1 Å². The van der Waals surface area contributed by atoms with Crippen LogP contribution in [0.2, 0.25) is 0 Å². The Morgan fingerprint density at radius 2 is 1.80 bits per heavy atom. The lowest BCUT2D eigenvalue weighted by Gasteiger charge is -2.22. The van der Waals surface area contributed by atoms with E-state index in [-0.39, 0.29) is 18.1 Å². The van der Waals surface area contributed by atoms with Gasteiger partial charge in [0, 0.05) is 38.3 Å². The van der Waals surface area contributed by atoms with Crippen molar-refractivity contribution in [3.63, 3.8) is 0 Å². The molecule has 1 aliphatic heterocycles. The molecule has 1 N–H and O–H groups in total. The molecule has 158 valence electrons. The molecule has 0 saturated carbocycles. The minimum atomic E-state index is -4.40. The Hall–Kier alpha value is -2.98. The smallest absolute Gasteiger partial charge is 0.327 e. The van der Waals surface area contributed by atoms with Crippen molar-refractivity contribution in [1.82, 2.24) is 15.1 Å². The lowest BCUT2D eigenvalue weighted by Crippen LogP contribution is -2.42. The van der Waals surface area contributed by atoms with Gasteiger partial charge in [0.1, 0.15) is 0 Å². The van der Waals surface area contributed by atoms with Crippen LogP contribution in [0.25, 0.3) is 0 Å². The fourth-order valence-electron chi connectivity index (χ4n) is 3.32. The molecule has 2 amide bonds. The second-order valence-corrected chi connectivity index (χ2v) is 7.14. The monoisotopic (exact) mass is 415 g/mol. The molecular weight excluding hydrogens is 391 g/mol. The molecule has 1 aliphatic rings. The normalized spacial score (nSPS) is 15.1. The fourth-order valence-corrected chi connectivity index (χ4v) is 3.32. The van der Waals surface area contributed by atoms with E-state index in [4.69, 9.17) is 0 Å². The van der Waals surface area contributed by atoms with Gasteiger partial charge in [-0.3, -0.25) is 4.90 Å². The molecule has 2 aromatic rings. The first-order chi connectivity index (χ1) is 14.4. The Labute approximate surface area is 174 Å². The molecule has 30 heavy (non-hydrogen) atoms. The number of nitrogens with zero attached hydrogens (tertiary/aromatic N) is 2. The van der Waals surface area contributed by atoms with Gasteiger partial charge in [-0.2, -0.15) is 13.2 Å². The van der Waals surface area contributed by atoms with Crippen molar-refractivity contribution >= 4 is 6.03 Å². The van der Waals surface area contributed by atoms with Crippen LogP contribution in [0.5, 0.6) is 0 Å². The maximum atomic E-state index is 12.7. The van der Waals surface area contributed by atoms with E-state index in [0.29, 0.717) is 13.1 Å². The Bertz CT molecular complexity index is 903. The molecule has 3 rings (SSSR count). The summed E-state index contributed by atoms with van der Waals surface area (Å²) in [5.41, 5.74) is 0.786. The van der Waals surface area contributed by atoms with Crippen molar-refractivity contribution in [2.75, 3.05) is 32.7 Å². The highest BCUT2D eigenvalue weighted by Gasteiger charge is 2.30. The van der Waals surface area contributed by atoms with Gasteiger partial charge >= 0.3 is 12.2 Å². The van der Waals surface area contributed by atoms with Gasteiger partial charge in [0.05, 0.1) is 12.1 Å². The zero-order chi connectivity index (χ0) is 21.4. The molecule has 0 aromatic heterocycles. The van der Waals surface area contributed by atoms with Crippen molar-refractivity contribution in [3.8, 4) is 11.8 Å². The number of carbonyl (C=O) groups is 1. The van der Waals surface area contributed by atoms with Gasteiger partial charge in [0.2, 0.25) is 0 Å². The molecule has 4 nitrogen and oxygen atoms in total. The van der Waals surface area contributed by atoms with E-state index in [0.717, 1.165) is 38.2 Å². The average Bonchev–Trinajstić information content (AvgIpc) is 2.97. The number of benzene rings is 2. The summed E-state index contributed by atoms with van der Waals surface area (Å²) in [5.74, 6) is 5.39. The minimum absolute atomic E-state index is 0.0826. The first kappa shape index (κ1) is 21.7. The van der Waals surface area contributed by atoms with Crippen LogP contribution in [0.4, 0.5) is 18.0 Å². The summed E-state index contributed by atoms with van der Waals surface area (Å²) in [6, 6.07) is 14.9. The van der Waals surface area contributed by atoms with Crippen LogP contribution < -0.4 is 5.32 Å². The number of hydrogen-bond donors (Lipinski definition) is 1. The van der Waals surface area contributed by atoms with Gasteiger partial charge in [0.15, 0.2) is 0 Å². The first-order valence-corrected chi connectivity index (χ1v) is 9.87. The number of rotatable bonds is 3. The van der Waals surface area contributed by atoms with Gasteiger partial charge in [-0.15, -0.1) is 0 Å². The van der Waals surface area contributed by atoms with Gasteiger partial charge in [-0.1, -0.05) is 48.2 Å². The minimum Gasteiger partial charge on any atom is -0.327 e. The highest BCUT2D eigenvalue weighted by atomic mass is 19.4. The number of amides is 2. The van der Waals surface area contributed by atoms with E-state index in [1.54, 1.807) is 4.90 Å². The van der Waals surface area contributed by atoms with E-state index in [1.807, 2.05) is 18.2 Å². The molecule has 0 atom stereocenters. The number of alkyl halides is 3. The largest absolute Gasteiger partial charge is 0.416 e. The molecule has 0 aliphatic carbocycles. The van der Waals surface area contributed by atoms with Crippen LogP contribution in [-0.2, 0) is 12.7 Å². The van der Waals surface area contributed by atoms with Crippen molar-refractivity contribution in [3.05, 3.63) is 71.3 Å². The summed E-state index contributed by atoms with van der Waals surface area (Å²) in [5, 5.41) is 2.73. The summed E-state index contributed by atoms with van der Waals surface area (Å²) >= 11 is 0. The maximum absolute atomic E-state index is 12.7. The van der Waals surface area contributed by atoms with Crippen LogP contribution in [0, 0.1) is 11.8 Å². The van der Waals surface area contributed by atoms with E-state index < -0.39 is 11.7 Å². The number of hydrogen-bond acceptors (Lipinski definition) is 2. The topological polar surface area (TPSA) is 35.6 Å². The molecule has 1 heterocycles. The molecular formula is C23H24F3N3O. The third-order valence-electron chi connectivity index (χ3n) is 4.88. The molecule has 0 radical (unpaired) electrons. The van der Waals surface area contributed by atoms with E-state index >= 15 is 0 Å². The SMILES string of the molecule is O=C(NCC#Cc1cccc(C(F)(F)F)c1)N1CCCN(Cc2ccccc2)CC1. The summed E-state index contributed by atoms with van der Waals surface area (Å²) in [6.45, 7) is 3.95. The van der Waals surface area contributed by atoms with Crippen molar-refractivity contribution in [2.24, 2.45) is 0 Å². The van der Waals surface area contributed by atoms with Gasteiger partial charge in [0.25, 0.3) is 0 Å². The fraction of sp³-hybridized carbons (Fsp3) is 0.348. The Kier molecular flexibility index (Phi) is 7.36. The molecule has 1 saturated heterocycles. The molecule has 0 unspecified atom stereocenters. The first-order valence-electron chi connectivity index (χ1n) is 9.87. The van der Waals surface area contributed by atoms with Crippen LogP contribution in [-0.4, -0.2) is 48.6 Å². The Balaban J connectivity index is 1.46. The highest BCUT2D eigenvalue weighted by molar-refractivity contribution is 5.74. The third-order valence-corrected chi connectivity index (χ3v) is 4.88. The van der Waals surface area contributed by atoms with Gasteiger partial charge < -0.3 is 10.2 Å². The van der Waals surface area contributed by atoms with Gasteiger partial charge in [-0.25, -0.2) is 4.79 Å². The van der Waals surface area contributed by atoms with Crippen molar-refractivity contribution < 1.29 is 18.0 Å². The standard InChI is InChI=1S/C23H24F3N3O/c24-23(25,26)21-11-4-9-19(17-21)10-5-12-27-22(30)29-14-6-13-28(15-16-29)18-20-7-2-1-3-8-20/h1-4,7-9,11,17H,6,12-16,18H2,(H,27,30). The van der Waals surface area contributed by atoms with Crippen molar-refractivity contribution in [1.29, 1.82) is 0 Å². The van der Waals surface area contributed by atoms with E-state index in [1.165, 1.54) is 17.7 Å². The maximum Gasteiger partial charge on any atom is 0.416 e. The number of urea groups is 1. The number of nitrogens with one attached hydrogen (secondary N) is 1. The zero-order valence-electron chi connectivity index (χ0n) is 16.6. The third kappa shape index (κ3) is 6.53. The summed E-state index contributed by atoms with van der Waals surface area (Å²) in [6.07, 6.45) is -3.51. The predicted octanol–water partition coefficient (Wildman–Crippen LogP) is 3.97. The quantitative estimate of drug-likeness (QED) is 0.770. The zero-order valence-corrected chi connectivity index (χ0v) is 16.6. The predicted molar refractivity (Wildman–Crippen MR) is 110 cm³/mol. The summed E-state index contributed by atoms with van der Waals surface area (Å²) < 4.78 is 38.2. The number of carbonyl (C=O) groups excluding carboxylic acids is 1. The molecule has 1 fully saturated rings. The van der Waals surface area contributed by atoms with Gasteiger partial charge in [-0.05, 0) is 30.2 Å². The lowest BCUT2D eigenvalue weighted by atomic mass is 10.1. The average molecular weight is 415 g/mol. The molecule has 7 heteroatoms. The van der Waals surface area contributed by atoms with Crippen LogP contribution in [0.15, 0.2) is 54.6 Å². The summed E-state index contributed by atoms with van der Waals surface area (Å²) in [4.78, 5) is 16.5. The molecule has 0 spiro atoms. The summed E-state index contributed by atoms with van der Waals surface area (Å²) in [7, 11) is 0. The number of halogens is 3. The Morgan fingerprint density at radius 1 is 1.00 bits per heavy atom. The van der Waals surface area contributed by atoms with Crippen LogP contribution in [0.3, 0.4) is 0 Å².